The van der Waals surface area contributed by atoms with E-state index in [0.29, 0.717) is 54.7 Å². The number of β-amino-alcohol motifs (C(OH)–C–C–N with tert-alkyl or cyclic N) is 1. The lowest BCUT2D eigenvalue weighted by atomic mass is 9.84. The first kappa shape index (κ1) is 22.1. The number of carbonyl (C=O) groups is 1. The predicted molar refractivity (Wildman–Crippen MR) is 113 cm³/mol. The Morgan fingerprint density at radius 1 is 1.28 bits per heavy atom. The van der Waals surface area contributed by atoms with Gasteiger partial charge in [-0.25, -0.2) is 4.79 Å². The summed E-state index contributed by atoms with van der Waals surface area (Å²) in [6, 6.07) is 9.01. The van der Waals surface area contributed by atoms with Gasteiger partial charge in [0.05, 0.1) is 12.2 Å². The number of piperidine rings is 1. The van der Waals surface area contributed by atoms with E-state index in [0.717, 1.165) is 5.56 Å². The van der Waals surface area contributed by atoms with E-state index in [1.165, 1.54) is 11.3 Å². The Hall–Kier alpha value is -1.64. The topological polar surface area (TPSA) is 79.2 Å². The van der Waals surface area contributed by atoms with Gasteiger partial charge in [-0.2, -0.15) is 0 Å². The third kappa shape index (κ3) is 5.71. The van der Waals surface area contributed by atoms with E-state index >= 15 is 0 Å². The Morgan fingerprint density at radius 3 is 2.62 bits per heavy atom. The maximum Gasteiger partial charge on any atom is 0.352 e. The molecule has 2 aromatic rings. The molecule has 0 amide bonds. The number of hydrogen-bond donors (Lipinski definition) is 2. The molecule has 2 heterocycles. The normalized spacial score (nSPS) is 17.7. The standard InChI is InChI=1S/C21H26ClNO5S/c1-2-27-20(25)19-18(7-12-29-19)28-14-17(24)13-23-10-8-21(26,9-11-23)15-3-5-16(22)6-4-15/h3-7,12,17,24,26H,2,8-11,13-14H2,1H3. The first-order valence-corrected chi connectivity index (χ1v) is 10.9. The second kappa shape index (κ2) is 9.91. The fourth-order valence-corrected chi connectivity index (χ4v) is 4.30. The van der Waals surface area contributed by atoms with Gasteiger partial charge in [0.2, 0.25) is 0 Å². The second-order valence-electron chi connectivity index (χ2n) is 7.14. The average molecular weight is 440 g/mol. The molecule has 0 aliphatic carbocycles. The molecule has 3 rings (SSSR count). The number of carbonyl (C=O) groups excluding carboxylic acids is 1. The van der Waals surface area contributed by atoms with Crippen LogP contribution in [0.3, 0.4) is 0 Å². The van der Waals surface area contributed by atoms with Crippen LogP contribution in [0.4, 0.5) is 0 Å². The summed E-state index contributed by atoms with van der Waals surface area (Å²) in [6.07, 6.45) is 0.464. The number of hydrogen-bond acceptors (Lipinski definition) is 7. The molecule has 29 heavy (non-hydrogen) atoms. The van der Waals surface area contributed by atoms with E-state index in [4.69, 9.17) is 21.1 Å². The molecule has 1 saturated heterocycles. The summed E-state index contributed by atoms with van der Waals surface area (Å²) < 4.78 is 10.6. The molecule has 158 valence electrons. The second-order valence-corrected chi connectivity index (χ2v) is 8.49. The van der Waals surface area contributed by atoms with Gasteiger partial charge in [0.25, 0.3) is 0 Å². The van der Waals surface area contributed by atoms with Gasteiger partial charge in [0.1, 0.15) is 18.5 Å². The minimum atomic E-state index is -0.867. The first-order chi connectivity index (χ1) is 13.9. The fraction of sp³-hybridized carbons (Fsp3) is 0.476. The number of benzene rings is 1. The Balaban J connectivity index is 1.47. The van der Waals surface area contributed by atoms with E-state index in [2.05, 4.69) is 4.90 Å². The molecular weight excluding hydrogens is 414 g/mol. The average Bonchev–Trinajstić information content (AvgIpc) is 3.18. The molecule has 1 atom stereocenters. The number of aliphatic hydroxyl groups excluding tert-OH is 1. The molecule has 1 unspecified atom stereocenters. The maximum atomic E-state index is 11.9. The van der Waals surface area contributed by atoms with Crippen molar-refractivity contribution in [3.63, 3.8) is 0 Å². The molecular formula is C21H26ClNO5S. The summed E-state index contributed by atoms with van der Waals surface area (Å²) >= 11 is 7.19. The smallest absolute Gasteiger partial charge is 0.352 e. The Kier molecular flexibility index (Phi) is 7.54. The molecule has 0 spiro atoms. The monoisotopic (exact) mass is 439 g/mol. The van der Waals surface area contributed by atoms with Gasteiger partial charge < -0.3 is 24.6 Å². The summed E-state index contributed by atoms with van der Waals surface area (Å²) in [4.78, 5) is 14.4. The molecule has 8 heteroatoms. The zero-order valence-corrected chi connectivity index (χ0v) is 17.9. The number of aliphatic hydroxyl groups is 2. The fourth-order valence-electron chi connectivity index (χ4n) is 3.45. The SMILES string of the molecule is CCOC(=O)c1sccc1OCC(O)CN1CCC(O)(c2ccc(Cl)cc2)CC1. The molecule has 6 nitrogen and oxygen atoms in total. The largest absolute Gasteiger partial charge is 0.489 e. The van der Waals surface area contributed by atoms with Crippen molar-refractivity contribution in [2.45, 2.75) is 31.5 Å². The Morgan fingerprint density at radius 2 is 1.97 bits per heavy atom. The summed E-state index contributed by atoms with van der Waals surface area (Å²) in [5, 5.41) is 23.7. The van der Waals surface area contributed by atoms with Crippen molar-refractivity contribution in [3.8, 4) is 5.75 Å². The molecule has 1 aromatic carbocycles. The third-order valence-corrected chi connectivity index (χ3v) is 6.18. The predicted octanol–water partition coefficient (Wildman–Crippen LogP) is 3.30. The first-order valence-electron chi connectivity index (χ1n) is 9.67. The van der Waals surface area contributed by atoms with Gasteiger partial charge >= 0.3 is 5.97 Å². The van der Waals surface area contributed by atoms with Crippen LogP contribution >= 0.6 is 22.9 Å². The molecule has 1 aliphatic heterocycles. The number of esters is 1. The highest BCUT2D eigenvalue weighted by Gasteiger charge is 2.34. The van der Waals surface area contributed by atoms with Crippen molar-refractivity contribution in [2.75, 3.05) is 32.8 Å². The molecule has 0 saturated carbocycles. The molecule has 1 fully saturated rings. The van der Waals surface area contributed by atoms with E-state index in [1.807, 2.05) is 12.1 Å². The highest BCUT2D eigenvalue weighted by Crippen LogP contribution is 2.33. The van der Waals surface area contributed by atoms with Crippen LogP contribution in [-0.4, -0.2) is 60.0 Å². The minimum absolute atomic E-state index is 0.0844. The molecule has 1 aliphatic rings. The van der Waals surface area contributed by atoms with Crippen molar-refractivity contribution in [3.05, 3.63) is 51.2 Å². The molecule has 2 N–H and O–H groups in total. The highest BCUT2D eigenvalue weighted by molar-refractivity contribution is 7.12. The van der Waals surface area contributed by atoms with E-state index < -0.39 is 17.7 Å². The zero-order valence-electron chi connectivity index (χ0n) is 16.3. The molecule has 0 radical (unpaired) electrons. The third-order valence-electron chi connectivity index (χ3n) is 5.05. The summed E-state index contributed by atoms with van der Waals surface area (Å²) in [5.74, 6) is 0.0211. The van der Waals surface area contributed by atoms with Gasteiger partial charge in [-0.15, -0.1) is 11.3 Å². The van der Waals surface area contributed by atoms with Crippen LogP contribution in [0.2, 0.25) is 5.02 Å². The number of likely N-dealkylation sites (tertiary alicyclic amines) is 1. The van der Waals surface area contributed by atoms with Gasteiger partial charge in [-0.1, -0.05) is 23.7 Å². The lowest BCUT2D eigenvalue weighted by Crippen LogP contribution is -2.46. The quantitative estimate of drug-likeness (QED) is 0.614. The van der Waals surface area contributed by atoms with Crippen molar-refractivity contribution in [1.82, 2.24) is 4.90 Å². The van der Waals surface area contributed by atoms with Gasteiger partial charge in [0, 0.05) is 24.7 Å². The summed E-state index contributed by atoms with van der Waals surface area (Å²) in [6.45, 7) is 3.92. The lowest BCUT2D eigenvalue weighted by molar-refractivity contribution is -0.0372. The van der Waals surface area contributed by atoms with E-state index in [9.17, 15) is 15.0 Å². The van der Waals surface area contributed by atoms with Crippen molar-refractivity contribution in [1.29, 1.82) is 0 Å². The Labute approximate surface area is 179 Å². The van der Waals surface area contributed by atoms with Crippen molar-refractivity contribution >= 4 is 28.9 Å². The highest BCUT2D eigenvalue weighted by atomic mass is 35.5. The number of thiophene rings is 1. The van der Waals surface area contributed by atoms with Crippen LogP contribution in [0.15, 0.2) is 35.7 Å². The number of ether oxygens (including phenoxy) is 2. The summed E-state index contributed by atoms with van der Waals surface area (Å²) in [7, 11) is 0. The van der Waals surface area contributed by atoms with Crippen molar-refractivity contribution < 1.29 is 24.5 Å². The van der Waals surface area contributed by atoms with E-state index in [-0.39, 0.29) is 6.61 Å². The van der Waals surface area contributed by atoms with Gasteiger partial charge in [-0.05, 0) is 48.9 Å². The van der Waals surface area contributed by atoms with Crippen LogP contribution in [0.1, 0.15) is 35.0 Å². The minimum Gasteiger partial charge on any atom is -0.489 e. The Bertz CT molecular complexity index is 802. The van der Waals surface area contributed by atoms with Crippen molar-refractivity contribution in [2.24, 2.45) is 0 Å². The maximum absolute atomic E-state index is 11.9. The van der Waals surface area contributed by atoms with Crippen LogP contribution in [0, 0.1) is 0 Å². The number of rotatable bonds is 8. The van der Waals surface area contributed by atoms with Gasteiger partial charge in [0.15, 0.2) is 4.88 Å². The molecule has 0 bridgehead atoms. The summed E-state index contributed by atoms with van der Waals surface area (Å²) in [5.41, 5.74) is 0.00250. The number of nitrogens with zero attached hydrogens (tertiary/aromatic N) is 1. The van der Waals surface area contributed by atoms with Crippen LogP contribution in [0.5, 0.6) is 5.75 Å². The van der Waals surface area contributed by atoms with Crippen LogP contribution < -0.4 is 4.74 Å². The molecule has 1 aromatic heterocycles. The van der Waals surface area contributed by atoms with Crippen LogP contribution in [-0.2, 0) is 10.3 Å². The van der Waals surface area contributed by atoms with Gasteiger partial charge in [-0.3, -0.25) is 0 Å². The number of halogens is 1. The van der Waals surface area contributed by atoms with E-state index in [1.54, 1.807) is 30.5 Å². The zero-order chi connectivity index (χ0) is 20.9. The van der Waals surface area contributed by atoms with Crippen LogP contribution in [0.25, 0.3) is 0 Å². The lowest BCUT2D eigenvalue weighted by Gasteiger charge is -2.39.